The minimum Gasteiger partial charge on any atom is -0.383 e. The minimum absolute atomic E-state index is 0.743. The van der Waals surface area contributed by atoms with Gasteiger partial charge >= 0.3 is 0 Å². The standard InChI is InChI=1S/C15H28N4O/c1-12-14(10-16-8-9-20-4)15(19(3)17-12)18(2)11-13-6-5-7-13/h13,16H,5-11H2,1-4H3. The summed E-state index contributed by atoms with van der Waals surface area (Å²) in [6, 6.07) is 0. The molecule has 1 aliphatic rings. The number of hydrogen-bond acceptors (Lipinski definition) is 4. The molecular weight excluding hydrogens is 252 g/mol. The quantitative estimate of drug-likeness (QED) is 0.736. The van der Waals surface area contributed by atoms with E-state index in [1.165, 1.54) is 30.6 Å². The van der Waals surface area contributed by atoms with Gasteiger partial charge in [-0.3, -0.25) is 4.68 Å². The van der Waals surface area contributed by atoms with Gasteiger partial charge in [-0.1, -0.05) is 6.42 Å². The molecular formula is C15H28N4O. The number of hydrogen-bond donors (Lipinski definition) is 1. The summed E-state index contributed by atoms with van der Waals surface area (Å²) in [7, 11) is 5.96. The van der Waals surface area contributed by atoms with Gasteiger partial charge in [0, 0.05) is 46.4 Å². The molecule has 0 aromatic carbocycles. The second-order valence-electron chi connectivity index (χ2n) is 5.86. The van der Waals surface area contributed by atoms with Crippen molar-refractivity contribution >= 4 is 5.82 Å². The van der Waals surface area contributed by atoms with Gasteiger partial charge in [0.05, 0.1) is 12.3 Å². The number of aromatic nitrogens is 2. The molecule has 1 heterocycles. The fourth-order valence-electron chi connectivity index (χ4n) is 2.91. The molecule has 2 rings (SSSR count). The molecule has 0 bridgehead atoms. The van der Waals surface area contributed by atoms with E-state index in [0.717, 1.165) is 37.9 Å². The van der Waals surface area contributed by atoms with E-state index >= 15 is 0 Å². The Labute approximate surface area is 122 Å². The van der Waals surface area contributed by atoms with E-state index in [9.17, 15) is 0 Å². The van der Waals surface area contributed by atoms with Crippen LogP contribution >= 0.6 is 0 Å². The Balaban J connectivity index is 2.01. The summed E-state index contributed by atoms with van der Waals surface area (Å²) in [5.41, 5.74) is 2.43. The smallest absolute Gasteiger partial charge is 0.131 e. The van der Waals surface area contributed by atoms with Crippen LogP contribution in [0.2, 0.25) is 0 Å². The Morgan fingerprint density at radius 2 is 2.20 bits per heavy atom. The predicted octanol–water partition coefficient (Wildman–Crippen LogP) is 1.70. The first-order valence-corrected chi connectivity index (χ1v) is 7.56. The fraction of sp³-hybridized carbons (Fsp3) is 0.800. The second kappa shape index (κ2) is 7.09. The molecule has 0 amide bonds. The Kier molecular flexibility index (Phi) is 5.43. The fourth-order valence-corrected chi connectivity index (χ4v) is 2.91. The lowest BCUT2D eigenvalue weighted by Gasteiger charge is -2.31. The van der Waals surface area contributed by atoms with Crippen molar-refractivity contribution in [3.63, 3.8) is 0 Å². The molecule has 5 heteroatoms. The zero-order valence-electron chi connectivity index (χ0n) is 13.3. The first kappa shape index (κ1) is 15.3. The minimum atomic E-state index is 0.743. The monoisotopic (exact) mass is 280 g/mol. The largest absolute Gasteiger partial charge is 0.383 e. The van der Waals surface area contributed by atoms with Crippen LogP contribution in [0.3, 0.4) is 0 Å². The highest BCUT2D eigenvalue weighted by atomic mass is 16.5. The van der Waals surface area contributed by atoms with Crippen LogP contribution in [-0.2, 0) is 18.3 Å². The molecule has 0 atom stereocenters. The first-order chi connectivity index (χ1) is 9.63. The van der Waals surface area contributed by atoms with Gasteiger partial charge < -0.3 is 15.0 Å². The summed E-state index contributed by atoms with van der Waals surface area (Å²) in [6.07, 6.45) is 4.15. The van der Waals surface area contributed by atoms with Crippen molar-refractivity contribution < 1.29 is 4.74 Å². The van der Waals surface area contributed by atoms with Crippen molar-refractivity contribution in [3.8, 4) is 0 Å². The van der Waals surface area contributed by atoms with Crippen molar-refractivity contribution in [1.82, 2.24) is 15.1 Å². The van der Waals surface area contributed by atoms with E-state index in [4.69, 9.17) is 4.74 Å². The lowest BCUT2D eigenvalue weighted by atomic mass is 9.85. The van der Waals surface area contributed by atoms with Crippen LogP contribution in [0.15, 0.2) is 0 Å². The lowest BCUT2D eigenvalue weighted by molar-refractivity contribution is 0.199. The third-order valence-electron chi connectivity index (χ3n) is 4.22. The normalized spacial score (nSPS) is 15.4. The molecule has 0 radical (unpaired) electrons. The lowest BCUT2D eigenvalue weighted by Crippen LogP contribution is -2.31. The highest BCUT2D eigenvalue weighted by molar-refractivity contribution is 5.49. The summed E-state index contributed by atoms with van der Waals surface area (Å²) in [5.74, 6) is 2.11. The molecule has 1 aromatic rings. The van der Waals surface area contributed by atoms with Crippen molar-refractivity contribution in [2.24, 2.45) is 13.0 Å². The maximum absolute atomic E-state index is 5.07. The van der Waals surface area contributed by atoms with Crippen molar-refractivity contribution in [3.05, 3.63) is 11.3 Å². The molecule has 5 nitrogen and oxygen atoms in total. The van der Waals surface area contributed by atoms with Crippen LogP contribution in [0.1, 0.15) is 30.5 Å². The van der Waals surface area contributed by atoms with E-state index in [1.807, 2.05) is 11.7 Å². The molecule has 1 aliphatic carbocycles. The number of ether oxygens (including phenoxy) is 1. The number of aryl methyl sites for hydroxylation is 2. The molecule has 0 unspecified atom stereocenters. The molecule has 1 saturated carbocycles. The van der Waals surface area contributed by atoms with Gasteiger partial charge in [-0.25, -0.2) is 0 Å². The number of nitrogens with zero attached hydrogens (tertiary/aromatic N) is 3. The number of nitrogens with one attached hydrogen (secondary N) is 1. The summed E-state index contributed by atoms with van der Waals surface area (Å²) in [4.78, 5) is 2.37. The highest BCUT2D eigenvalue weighted by Crippen LogP contribution is 2.30. The van der Waals surface area contributed by atoms with Crippen LogP contribution in [0.4, 0.5) is 5.82 Å². The Morgan fingerprint density at radius 1 is 1.45 bits per heavy atom. The van der Waals surface area contributed by atoms with Crippen LogP contribution in [0.25, 0.3) is 0 Å². The van der Waals surface area contributed by atoms with Crippen LogP contribution in [0, 0.1) is 12.8 Å². The average Bonchev–Trinajstić information content (AvgIpc) is 2.64. The number of rotatable bonds is 8. The summed E-state index contributed by atoms with van der Waals surface area (Å²) in [6.45, 7) is 5.70. The summed E-state index contributed by atoms with van der Waals surface area (Å²) in [5, 5.41) is 8.01. The van der Waals surface area contributed by atoms with Gasteiger partial charge in [-0.15, -0.1) is 0 Å². The summed E-state index contributed by atoms with van der Waals surface area (Å²) >= 11 is 0. The third-order valence-corrected chi connectivity index (χ3v) is 4.22. The Bertz CT molecular complexity index is 426. The van der Waals surface area contributed by atoms with Crippen molar-refractivity contribution in [1.29, 1.82) is 0 Å². The first-order valence-electron chi connectivity index (χ1n) is 7.56. The van der Waals surface area contributed by atoms with E-state index in [-0.39, 0.29) is 0 Å². The van der Waals surface area contributed by atoms with Crippen molar-refractivity contribution in [2.45, 2.75) is 32.7 Å². The van der Waals surface area contributed by atoms with Gasteiger partial charge in [0.15, 0.2) is 0 Å². The van der Waals surface area contributed by atoms with Crippen molar-refractivity contribution in [2.75, 3.05) is 38.8 Å². The molecule has 0 spiro atoms. The second-order valence-corrected chi connectivity index (χ2v) is 5.86. The van der Waals surface area contributed by atoms with Crippen LogP contribution in [-0.4, -0.2) is 43.6 Å². The highest BCUT2D eigenvalue weighted by Gasteiger charge is 2.23. The van der Waals surface area contributed by atoms with Gasteiger partial charge in [-0.2, -0.15) is 5.10 Å². The zero-order chi connectivity index (χ0) is 14.5. The Morgan fingerprint density at radius 3 is 2.80 bits per heavy atom. The van der Waals surface area contributed by atoms with Gasteiger partial charge in [-0.05, 0) is 25.7 Å². The zero-order valence-corrected chi connectivity index (χ0v) is 13.3. The van der Waals surface area contributed by atoms with E-state index < -0.39 is 0 Å². The number of methoxy groups -OCH3 is 1. The average molecular weight is 280 g/mol. The topological polar surface area (TPSA) is 42.3 Å². The number of anilines is 1. The third kappa shape index (κ3) is 3.52. The molecule has 1 aromatic heterocycles. The van der Waals surface area contributed by atoms with E-state index in [2.05, 4.69) is 29.3 Å². The predicted molar refractivity (Wildman–Crippen MR) is 82.1 cm³/mol. The van der Waals surface area contributed by atoms with Crippen LogP contribution in [0.5, 0.6) is 0 Å². The van der Waals surface area contributed by atoms with Gasteiger partial charge in [0.2, 0.25) is 0 Å². The van der Waals surface area contributed by atoms with E-state index in [0.29, 0.717) is 0 Å². The maximum atomic E-state index is 5.07. The molecule has 1 N–H and O–H groups in total. The Hall–Kier alpha value is -1.07. The van der Waals surface area contributed by atoms with Gasteiger partial charge in [0.25, 0.3) is 0 Å². The molecule has 0 saturated heterocycles. The molecule has 0 aliphatic heterocycles. The summed E-state index contributed by atoms with van der Waals surface area (Å²) < 4.78 is 7.09. The molecule has 114 valence electrons. The maximum Gasteiger partial charge on any atom is 0.131 e. The van der Waals surface area contributed by atoms with Crippen LogP contribution < -0.4 is 10.2 Å². The SMILES string of the molecule is COCCNCc1c(C)nn(C)c1N(C)CC1CCC1. The van der Waals surface area contributed by atoms with E-state index in [1.54, 1.807) is 7.11 Å². The molecule has 1 fully saturated rings. The molecule has 20 heavy (non-hydrogen) atoms. The van der Waals surface area contributed by atoms with Gasteiger partial charge in [0.1, 0.15) is 5.82 Å².